The Bertz CT molecular complexity index is 766. The Hall–Kier alpha value is -2.44. The van der Waals surface area contributed by atoms with Gasteiger partial charge >= 0.3 is 0 Å². The number of carbonyl (C=O) groups is 1. The minimum absolute atomic E-state index is 0.0942. The molecule has 2 aromatic rings. The lowest BCUT2D eigenvalue weighted by Crippen LogP contribution is -2.39. The van der Waals surface area contributed by atoms with Crippen LogP contribution in [0.25, 0.3) is 0 Å². The zero-order valence-corrected chi connectivity index (χ0v) is 13.9. The van der Waals surface area contributed by atoms with Crippen molar-refractivity contribution in [2.24, 2.45) is 7.05 Å². The van der Waals surface area contributed by atoms with E-state index in [0.29, 0.717) is 18.4 Å². The second-order valence-corrected chi connectivity index (χ2v) is 6.77. The van der Waals surface area contributed by atoms with E-state index in [0.717, 1.165) is 49.2 Å². The summed E-state index contributed by atoms with van der Waals surface area (Å²) in [6, 6.07) is 1.90. The predicted molar refractivity (Wildman–Crippen MR) is 89.5 cm³/mol. The van der Waals surface area contributed by atoms with Gasteiger partial charge in [-0.1, -0.05) is 0 Å². The van der Waals surface area contributed by atoms with Crippen LogP contribution in [-0.4, -0.2) is 43.6 Å². The van der Waals surface area contributed by atoms with E-state index in [1.165, 1.54) is 0 Å². The van der Waals surface area contributed by atoms with E-state index >= 15 is 0 Å². The highest BCUT2D eigenvalue weighted by atomic mass is 16.2. The Balaban J connectivity index is 1.55. The predicted octanol–water partition coefficient (Wildman–Crippen LogP) is 1.69. The van der Waals surface area contributed by atoms with Gasteiger partial charge in [0, 0.05) is 38.2 Å². The molecule has 126 valence electrons. The second-order valence-electron chi connectivity index (χ2n) is 6.77. The third-order valence-corrected chi connectivity index (χ3v) is 5.00. The van der Waals surface area contributed by atoms with E-state index in [2.05, 4.69) is 15.1 Å². The molecule has 2 aliphatic rings. The molecule has 2 N–H and O–H groups in total. The van der Waals surface area contributed by atoms with Crippen LogP contribution < -0.4 is 5.73 Å². The lowest BCUT2D eigenvalue weighted by molar-refractivity contribution is 0.0704. The van der Waals surface area contributed by atoms with Crippen molar-refractivity contribution in [3.8, 4) is 0 Å². The molecule has 1 unspecified atom stereocenters. The molecule has 4 rings (SSSR count). The van der Waals surface area contributed by atoms with E-state index in [1.807, 2.05) is 22.7 Å². The summed E-state index contributed by atoms with van der Waals surface area (Å²) in [6.45, 7) is 1.46. The first-order chi connectivity index (χ1) is 11.6. The molecule has 2 aromatic heterocycles. The smallest absolute Gasteiger partial charge is 0.257 e. The largest absolute Gasteiger partial charge is 0.368 e. The molecule has 1 aliphatic heterocycles. The highest BCUT2D eigenvalue weighted by Crippen LogP contribution is 2.41. The van der Waals surface area contributed by atoms with E-state index in [-0.39, 0.29) is 11.8 Å². The highest BCUT2D eigenvalue weighted by molar-refractivity contribution is 5.95. The molecule has 2 fully saturated rings. The summed E-state index contributed by atoms with van der Waals surface area (Å²) >= 11 is 0. The Morgan fingerprint density at radius 3 is 2.88 bits per heavy atom. The second kappa shape index (κ2) is 5.89. The Morgan fingerprint density at radius 2 is 2.12 bits per heavy atom. The lowest BCUT2D eigenvalue weighted by Gasteiger charge is -2.32. The summed E-state index contributed by atoms with van der Waals surface area (Å²) in [4.78, 5) is 23.3. The molecule has 7 heteroatoms. The van der Waals surface area contributed by atoms with Crippen LogP contribution in [0.15, 0.2) is 18.5 Å². The molecule has 1 saturated heterocycles. The van der Waals surface area contributed by atoms with Crippen molar-refractivity contribution in [2.75, 3.05) is 18.8 Å². The standard InChI is InChI=1S/C17H22N6O/c1-22-15(11-4-5-11)13(9-20-22)16(24)23-8-2-3-12(10-23)14-6-7-19-17(18)21-14/h6-7,9,11-12H,2-5,8,10H2,1H3,(H2,18,19,21). The van der Waals surface area contributed by atoms with E-state index in [1.54, 1.807) is 12.4 Å². The molecular weight excluding hydrogens is 304 g/mol. The summed E-state index contributed by atoms with van der Waals surface area (Å²) < 4.78 is 1.86. The highest BCUT2D eigenvalue weighted by Gasteiger charge is 2.34. The van der Waals surface area contributed by atoms with Crippen molar-refractivity contribution in [3.05, 3.63) is 35.4 Å². The number of carbonyl (C=O) groups excluding carboxylic acids is 1. The summed E-state index contributed by atoms with van der Waals surface area (Å²) in [6.07, 6.45) is 7.71. The zero-order valence-electron chi connectivity index (χ0n) is 13.9. The molecule has 0 bridgehead atoms. The minimum atomic E-state index is 0.0942. The van der Waals surface area contributed by atoms with Crippen LogP contribution in [0.1, 0.15) is 59.3 Å². The normalized spacial score (nSPS) is 21.0. The zero-order chi connectivity index (χ0) is 16.7. The first-order valence-electron chi connectivity index (χ1n) is 8.53. The summed E-state index contributed by atoms with van der Waals surface area (Å²) in [5.74, 6) is 1.10. The topological polar surface area (TPSA) is 89.9 Å². The molecule has 0 radical (unpaired) electrons. The SMILES string of the molecule is Cn1ncc(C(=O)N2CCCC(c3ccnc(N)n3)C2)c1C1CC1. The number of rotatable bonds is 3. The van der Waals surface area contributed by atoms with Crippen LogP contribution in [0, 0.1) is 0 Å². The van der Waals surface area contributed by atoms with Crippen molar-refractivity contribution in [2.45, 2.75) is 37.5 Å². The number of aryl methyl sites for hydroxylation is 1. The van der Waals surface area contributed by atoms with Crippen LogP contribution in [-0.2, 0) is 7.05 Å². The van der Waals surface area contributed by atoms with Crippen LogP contribution in [0.3, 0.4) is 0 Å². The number of nitrogen functional groups attached to an aromatic ring is 1. The quantitative estimate of drug-likeness (QED) is 0.927. The van der Waals surface area contributed by atoms with E-state index in [9.17, 15) is 4.79 Å². The van der Waals surface area contributed by atoms with Gasteiger partial charge in [-0.25, -0.2) is 9.97 Å². The van der Waals surface area contributed by atoms with Gasteiger partial charge in [-0.15, -0.1) is 0 Å². The summed E-state index contributed by atoms with van der Waals surface area (Å²) in [5.41, 5.74) is 8.48. The van der Waals surface area contributed by atoms with Gasteiger partial charge in [0.15, 0.2) is 0 Å². The number of nitrogens with two attached hydrogens (primary N) is 1. The van der Waals surface area contributed by atoms with Crippen molar-refractivity contribution < 1.29 is 4.79 Å². The van der Waals surface area contributed by atoms with Gasteiger partial charge in [-0.3, -0.25) is 9.48 Å². The first-order valence-corrected chi connectivity index (χ1v) is 8.53. The number of hydrogen-bond acceptors (Lipinski definition) is 5. The number of hydrogen-bond donors (Lipinski definition) is 1. The third kappa shape index (κ3) is 2.74. The van der Waals surface area contributed by atoms with Gasteiger partial charge in [0.2, 0.25) is 5.95 Å². The fourth-order valence-electron chi connectivity index (χ4n) is 3.64. The molecular formula is C17H22N6O. The number of nitrogens with zero attached hydrogens (tertiary/aromatic N) is 5. The molecule has 7 nitrogen and oxygen atoms in total. The van der Waals surface area contributed by atoms with E-state index < -0.39 is 0 Å². The number of likely N-dealkylation sites (tertiary alicyclic amines) is 1. The van der Waals surface area contributed by atoms with Gasteiger partial charge in [-0.2, -0.15) is 5.10 Å². The molecule has 0 spiro atoms. The van der Waals surface area contributed by atoms with Gasteiger partial charge < -0.3 is 10.6 Å². The van der Waals surface area contributed by atoms with Crippen LogP contribution in [0.4, 0.5) is 5.95 Å². The van der Waals surface area contributed by atoms with Crippen LogP contribution >= 0.6 is 0 Å². The molecule has 1 amide bonds. The maximum atomic E-state index is 13.0. The molecule has 1 saturated carbocycles. The number of anilines is 1. The molecule has 3 heterocycles. The Morgan fingerprint density at radius 1 is 1.29 bits per heavy atom. The Labute approximate surface area is 140 Å². The molecule has 1 atom stereocenters. The molecule has 0 aromatic carbocycles. The number of amides is 1. The van der Waals surface area contributed by atoms with Gasteiger partial charge in [-0.05, 0) is 31.7 Å². The van der Waals surface area contributed by atoms with Gasteiger partial charge in [0.25, 0.3) is 5.91 Å². The number of piperidine rings is 1. The van der Waals surface area contributed by atoms with Crippen LogP contribution in [0.2, 0.25) is 0 Å². The minimum Gasteiger partial charge on any atom is -0.368 e. The van der Waals surface area contributed by atoms with Crippen molar-refractivity contribution in [3.63, 3.8) is 0 Å². The number of aromatic nitrogens is 4. The monoisotopic (exact) mass is 326 g/mol. The average molecular weight is 326 g/mol. The summed E-state index contributed by atoms with van der Waals surface area (Å²) in [7, 11) is 1.92. The lowest BCUT2D eigenvalue weighted by atomic mass is 9.94. The van der Waals surface area contributed by atoms with E-state index in [4.69, 9.17) is 5.73 Å². The third-order valence-electron chi connectivity index (χ3n) is 5.00. The fraction of sp³-hybridized carbons (Fsp3) is 0.529. The van der Waals surface area contributed by atoms with Crippen molar-refractivity contribution in [1.29, 1.82) is 0 Å². The maximum Gasteiger partial charge on any atom is 0.257 e. The maximum absolute atomic E-state index is 13.0. The van der Waals surface area contributed by atoms with Gasteiger partial charge in [0.05, 0.1) is 23.1 Å². The van der Waals surface area contributed by atoms with Crippen molar-refractivity contribution >= 4 is 11.9 Å². The molecule has 1 aliphatic carbocycles. The summed E-state index contributed by atoms with van der Waals surface area (Å²) in [5, 5.41) is 4.31. The average Bonchev–Trinajstić information content (AvgIpc) is 3.36. The van der Waals surface area contributed by atoms with Gasteiger partial charge in [0.1, 0.15) is 0 Å². The van der Waals surface area contributed by atoms with Crippen LogP contribution in [0.5, 0.6) is 0 Å². The fourth-order valence-corrected chi connectivity index (χ4v) is 3.64. The van der Waals surface area contributed by atoms with Crippen molar-refractivity contribution in [1.82, 2.24) is 24.6 Å². The Kier molecular flexibility index (Phi) is 3.70. The molecule has 24 heavy (non-hydrogen) atoms. The first kappa shape index (κ1) is 15.1.